The van der Waals surface area contributed by atoms with Crippen molar-refractivity contribution in [2.75, 3.05) is 37.4 Å². The van der Waals surface area contributed by atoms with Crippen LogP contribution >= 0.6 is 0 Å². The number of rotatable bonds is 5. The zero-order valence-corrected chi connectivity index (χ0v) is 21.1. The van der Waals surface area contributed by atoms with Crippen molar-refractivity contribution in [3.63, 3.8) is 0 Å². The summed E-state index contributed by atoms with van der Waals surface area (Å²) in [4.78, 5) is 11.8. The van der Waals surface area contributed by atoms with Crippen LogP contribution < -0.4 is 15.5 Å². The summed E-state index contributed by atoms with van der Waals surface area (Å²) < 4.78 is 32.1. The first kappa shape index (κ1) is 24.2. The Balaban J connectivity index is 1.72. The predicted molar refractivity (Wildman–Crippen MR) is 144 cm³/mol. The van der Waals surface area contributed by atoms with Crippen molar-refractivity contribution < 1.29 is 8.78 Å². The molecular weight excluding hydrogens is 458 g/mol. The number of fused-ring (bicyclic) bond motifs is 1. The van der Waals surface area contributed by atoms with Crippen molar-refractivity contribution in [2.45, 2.75) is 32.7 Å². The van der Waals surface area contributed by atoms with E-state index in [4.69, 9.17) is 4.98 Å². The molecule has 0 bridgehead atoms. The van der Waals surface area contributed by atoms with Crippen LogP contribution in [0.3, 0.4) is 0 Å². The molecule has 36 heavy (non-hydrogen) atoms. The molecule has 2 N–H and O–H groups in total. The van der Waals surface area contributed by atoms with Crippen LogP contribution in [0.1, 0.15) is 32.3 Å². The highest BCUT2D eigenvalue weighted by atomic mass is 19.1. The van der Waals surface area contributed by atoms with E-state index in [2.05, 4.69) is 47.5 Å². The summed E-state index contributed by atoms with van der Waals surface area (Å²) in [7, 11) is 3.68. The number of pyridine rings is 1. The number of piperidine rings is 1. The highest BCUT2D eigenvalue weighted by molar-refractivity contribution is 5.96. The smallest absolute Gasteiger partial charge is 0.173 e. The third-order valence-electron chi connectivity index (χ3n) is 7.36. The Morgan fingerprint density at radius 2 is 1.92 bits per heavy atom. The molecule has 0 spiro atoms. The molecule has 1 fully saturated rings. The Hall–Kier alpha value is -3.52. The fraction of sp³-hybridized carbons (Fsp3) is 0.357. The molecule has 1 unspecified atom stereocenters. The number of halogens is 2. The molecule has 5 rings (SSSR count). The van der Waals surface area contributed by atoms with Crippen LogP contribution in [-0.4, -0.2) is 49.0 Å². The van der Waals surface area contributed by atoms with Gasteiger partial charge in [0, 0.05) is 55.8 Å². The van der Waals surface area contributed by atoms with Crippen LogP contribution in [0, 0.1) is 17.6 Å². The third-order valence-corrected chi connectivity index (χ3v) is 7.36. The van der Waals surface area contributed by atoms with Gasteiger partial charge in [-0.2, -0.15) is 0 Å². The maximum absolute atomic E-state index is 15.4. The Bertz CT molecular complexity index is 1380. The van der Waals surface area contributed by atoms with E-state index in [9.17, 15) is 0 Å². The van der Waals surface area contributed by atoms with Gasteiger partial charge in [0.05, 0.1) is 16.7 Å². The summed E-state index contributed by atoms with van der Waals surface area (Å²) in [6.45, 7) is 6.11. The minimum Gasteiger partial charge on any atom is -0.386 e. The maximum Gasteiger partial charge on any atom is 0.173 e. The molecule has 0 saturated carbocycles. The zero-order valence-electron chi connectivity index (χ0n) is 21.1. The minimum absolute atomic E-state index is 0.133. The Morgan fingerprint density at radius 3 is 2.67 bits per heavy atom. The highest BCUT2D eigenvalue weighted by Crippen LogP contribution is 2.35. The summed E-state index contributed by atoms with van der Waals surface area (Å²) in [6.07, 6.45) is 9.63. The summed E-state index contributed by atoms with van der Waals surface area (Å²) in [6, 6.07) is 6.91. The molecule has 0 aliphatic carbocycles. The summed E-state index contributed by atoms with van der Waals surface area (Å²) in [5.74, 6) is -0.252. The van der Waals surface area contributed by atoms with Crippen molar-refractivity contribution in [1.29, 1.82) is 0 Å². The third kappa shape index (κ3) is 4.30. The lowest BCUT2D eigenvalue weighted by Crippen LogP contribution is -2.41. The molecule has 8 heteroatoms. The monoisotopic (exact) mass is 490 g/mol. The Kier molecular flexibility index (Phi) is 6.62. The van der Waals surface area contributed by atoms with Gasteiger partial charge in [-0.25, -0.2) is 13.8 Å². The van der Waals surface area contributed by atoms with E-state index < -0.39 is 11.6 Å². The average Bonchev–Trinajstić information content (AvgIpc) is 3.17. The number of benzene rings is 1. The topological polar surface area (TPSA) is 57.5 Å². The minimum atomic E-state index is -0.648. The molecule has 2 aromatic heterocycles. The first-order valence-electron chi connectivity index (χ1n) is 12.4. The molecule has 2 aliphatic heterocycles. The molecular formula is C28H32F2N6. The highest BCUT2D eigenvalue weighted by Gasteiger charge is 2.24. The van der Waals surface area contributed by atoms with Crippen molar-refractivity contribution in [3.05, 3.63) is 65.5 Å². The van der Waals surface area contributed by atoms with Gasteiger partial charge < -0.3 is 20.1 Å². The largest absolute Gasteiger partial charge is 0.386 e. The summed E-state index contributed by atoms with van der Waals surface area (Å²) in [5, 5.41) is 6.21. The molecule has 1 saturated heterocycles. The van der Waals surface area contributed by atoms with Crippen LogP contribution in [0.4, 0.5) is 20.3 Å². The lowest BCUT2D eigenvalue weighted by atomic mass is 10.00. The second-order valence-electron chi connectivity index (χ2n) is 9.61. The number of nitrogens with one attached hydrogen (secondary N) is 2. The lowest BCUT2D eigenvalue weighted by molar-refractivity contribution is 0.442. The van der Waals surface area contributed by atoms with Crippen LogP contribution in [0.25, 0.3) is 22.3 Å². The quantitative estimate of drug-likeness (QED) is 0.493. The van der Waals surface area contributed by atoms with E-state index in [1.165, 1.54) is 12.1 Å². The predicted octanol–water partition coefficient (Wildman–Crippen LogP) is 5.54. The molecule has 4 heterocycles. The molecule has 0 amide bonds. The maximum atomic E-state index is 15.4. The van der Waals surface area contributed by atoms with E-state index in [1.807, 2.05) is 18.3 Å². The van der Waals surface area contributed by atoms with Crippen molar-refractivity contribution in [1.82, 2.24) is 14.9 Å². The van der Waals surface area contributed by atoms with Crippen LogP contribution in [0.2, 0.25) is 0 Å². The normalized spacial score (nSPS) is 18.7. The molecule has 1 aromatic carbocycles. The first-order valence-corrected chi connectivity index (χ1v) is 12.4. The van der Waals surface area contributed by atoms with Gasteiger partial charge in [-0.3, -0.25) is 4.99 Å². The van der Waals surface area contributed by atoms with Crippen molar-refractivity contribution in [3.8, 4) is 5.69 Å². The van der Waals surface area contributed by atoms with Gasteiger partial charge in [0.1, 0.15) is 17.3 Å². The zero-order chi connectivity index (χ0) is 25.4. The number of aromatic nitrogens is 2. The van der Waals surface area contributed by atoms with Crippen molar-refractivity contribution in [2.24, 2.45) is 10.9 Å². The van der Waals surface area contributed by atoms with Crippen LogP contribution in [-0.2, 0) is 0 Å². The summed E-state index contributed by atoms with van der Waals surface area (Å²) >= 11 is 0. The molecule has 3 aromatic rings. The summed E-state index contributed by atoms with van der Waals surface area (Å²) in [5.41, 5.74) is 4.20. The van der Waals surface area contributed by atoms with Gasteiger partial charge in [0.15, 0.2) is 5.82 Å². The van der Waals surface area contributed by atoms with E-state index in [-0.39, 0.29) is 17.3 Å². The number of aliphatic imine (C=N–C) groups is 1. The molecule has 6 nitrogen and oxygen atoms in total. The SMILES string of the molecule is CNc1ccc(F)c(-n2cc(C3=CN=CC(C)C(C)=C3)c3nc(N(C)C4CCNCC4)ccc32)c1F. The molecule has 188 valence electrons. The number of hydrogen-bond donors (Lipinski definition) is 2. The van der Waals surface area contributed by atoms with E-state index >= 15 is 8.78 Å². The molecule has 1 atom stereocenters. The van der Waals surface area contributed by atoms with Crippen LogP contribution in [0.15, 0.2) is 53.3 Å². The van der Waals surface area contributed by atoms with Gasteiger partial charge in [-0.1, -0.05) is 18.6 Å². The second kappa shape index (κ2) is 9.85. The van der Waals surface area contributed by atoms with E-state index in [0.717, 1.165) is 48.5 Å². The van der Waals surface area contributed by atoms with Gasteiger partial charge in [0.25, 0.3) is 0 Å². The van der Waals surface area contributed by atoms with Gasteiger partial charge in [-0.15, -0.1) is 0 Å². The fourth-order valence-electron chi connectivity index (χ4n) is 4.95. The molecule has 2 aliphatic rings. The lowest BCUT2D eigenvalue weighted by Gasteiger charge is -2.32. The van der Waals surface area contributed by atoms with E-state index in [0.29, 0.717) is 17.1 Å². The van der Waals surface area contributed by atoms with Gasteiger partial charge >= 0.3 is 0 Å². The number of anilines is 2. The fourth-order valence-corrected chi connectivity index (χ4v) is 4.95. The van der Waals surface area contributed by atoms with Gasteiger partial charge in [-0.05, 0) is 57.1 Å². The van der Waals surface area contributed by atoms with E-state index in [1.54, 1.807) is 24.0 Å². The molecule has 0 radical (unpaired) electrons. The van der Waals surface area contributed by atoms with Crippen LogP contribution in [0.5, 0.6) is 0 Å². The standard InChI is InChI=1S/C28H32F2N6/c1-17-13-19(15-33-14-18(17)2)21-16-36(28-22(29)5-6-23(31-3)26(28)30)24-7-8-25(34-27(21)24)35(4)20-9-11-32-12-10-20/h5-8,13-16,18,20,31-32H,9-12H2,1-4H3. The van der Waals surface area contributed by atoms with Crippen molar-refractivity contribution >= 4 is 34.3 Å². The number of hydrogen-bond acceptors (Lipinski definition) is 5. The second-order valence-corrected chi connectivity index (χ2v) is 9.61. The number of nitrogens with zero attached hydrogens (tertiary/aromatic N) is 4. The Labute approximate surface area is 210 Å². The average molecular weight is 491 g/mol. The number of allylic oxidation sites excluding steroid dienone is 3. The first-order chi connectivity index (χ1) is 17.4. The van der Waals surface area contributed by atoms with Gasteiger partial charge in [0.2, 0.25) is 0 Å². The Morgan fingerprint density at radius 1 is 1.14 bits per heavy atom.